The maximum atomic E-state index is 12.0. The van der Waals surface area contributed by atoms with E-state index in [-0.39, 0.29) is 25.2 Å². The molecule has 0 aromatic rings. The van der Waals surface area contributed by atoms with E-state index in [0.29, 0.717) is 12.8 Å². The van der Waals surface area contributed by atoms with Crippen molar-refractivity contribution in [3.05, 3.63) is 0 Å². The number of rotatable bonds is 27. The molecule has 0 aromatic heterocycles. The van der Waals surface area contributed by atoms with Gasteiger partial charge < -0.3 is 14.6 Å². The molecule has 1 atom stereocenters. The first-order valence-electron chi connectivity index (χ1n) is 15.1. The maximum absolute atomic E-state index is 12.0. The largest absolute Gasteiger partial charge is 0.462 e. The number of hydrogen-bond acceptors (Lipinski definition) is 5. The van der Waals surface area contributed by atoms with Crippen LogP contribution in [0.3, 0.4) is 0 Å². The number of unbranched alkanes of at least 4 members (excludes halogenated alkanes) is 19. The summed E-state index contributed by atoms with van der Waals surface area (Å²) >= 11 is 0. The van der Waals surface area contributed by atoms with Crippen LogP contribution in [0.15, 0.2) is 0 Å². The number of carbonyl (C=O) groups excluding carboxylic acids is 2. The first-order chi connectivity index (χ1) is 17.1. The van der Waals surface area contributed by atoms with Crippen LogP contribution in [0.25, 0.3) is 0 Å². The van der Waals surface area contributed by atoms with Gasteiger partial charge in [-0.15, -0.1) is 0 Å². The summed E-state index contributed by atoms with van der Waals surface area (Å²) in [5.74, 6) is -0.588. The molecule has 0 rings (SSSR count). The second kappa shape index (κ2) is 27.5. The van der Waals surface area contributed by atoms with E-state index in [1.165, 1.54) is 96.3 Å². The van der Waals surface area contributed by atoms with Crippen LogP contribution < -0.4 is 0 Å². The molecular weight excluding hydrogens is 440 g/mol. The Labute approximate surface area is 217 Å². The summed E-state index contributed by atoms with van der Waals surface area (Å²) < 4.78 is 10.5. The van der Waals surface area contributed by atoms with E-state index in [4.69, 9.17) is 9.47 Å². The predicted molar refractivity (Wildman–Crippen MR) is 145 cm³/mol. The molecule has 0 heterocycles. The molecule has 0 aliphatic heterocycles. The number of aliphatic hydroxyl groups excluding tert-OH is 1. The summed E-state index contributed by atoms with van der Waals surface area (Å²) in [7, 11) is 0. The highest BCUT2D eigenvalue weighted by molar-refractivity contribution is 5.70. The Bertz CT molecular complexity index is 466. The molecule has 0 radical (unpaired) electrons. The highest BCUT2D eigenvalue weighted by Gasteiger charge is 2.16. The van der Waals surface area contributed by atoms with Gasteiger partial charge in [-0.05, 0) is 12.8 Å². The molecule has 0 bridgehead atoms. The van der Waals surface area contributed by atoms with E-state index >= 15 is 0 Å². The molecule has 0 saturated carbocycles. The Morgan fingerprint density at radius 1 is 0.543 bits per heavy atom. The topological polar surface area (TPSA) is 72.8 Å². The van der Waals surface area contributed by atoms with E-state index in [2.05, 4.69) is 13.8 Å². The summed E-state index contributed by atoms with van der Waals surface area (Å²) in [6.07, 6.45) is 25.8. The number of esters is 2. The average molecular weight is 499 g/mol. The SMILES string of the molecule is CCCCCCCCCCCCCCC(=O)OC(CO)COC(=O)CCCCCCCCCCC. The van der Waals surface area contributed by atoms with Gasteiger partial charge in [-0.3, -0.25) is 9.59 Å². The van der Waals surface area contributed by atoms with Crippen LogP contribution in [0, 0.1) is 0 Å². The Morgan fingerprint density at radius 2 is 0.886 bits per heavy atom. The third kappa shape index (κ3) is 25.8. The molecule has 1 unspecified atom stereocenters. The maximum Gasteiger partial charge on any atom is 0.306 e. The molecule has 208 valence electrons. The van der Waals surface area contributed by atoms with Gasteiger partial charge in [-0.25, -0.2) is 0 Å². The predicted octanol–water partition coefficient (Wildman–Crippen LogP) is 8.45. The van der Waals surface area contributed by atoms with Crippen molar-refractivity contribution in [1.29, 1.82) is 0 Å². The monoisotopic (exact) mass is 498 g/mol. The van der Waals surface area contributed by atoms with Crippen LogP contribution in [-0.2, 0) is 19.1 Å². The molecule has 5 heteroatoms. The van der Waals surface area contributed by atoms with Crippen LogP contribution in [-0.4, -0.2) is 36.4 Å². The van der Waals surface area contributed by atoms with Gasteiger partial charge in [0.1, 0.15) is 6.61 Å². The van der Waals surface area contributed by atoms with Crippen molar-refractivity contribution in [2.24, 2.45) is 0 Å². The Balaban J connectivity index is 3.57. The van der Waals surface area contributed by atoms with Crippen molar-refractivity contribution in [3.63, 3.8) is 0 Å². The molecule has 0 saturated heterocycles. The molecule has 0 aromatic carbocycles. The Kier molecular flexibility index (Phi) is 26.6. The third-order valence-corrected chi connectivity index (χ3v) is 6.65. The zero-order chi connectivity index (χ0) is 25.8. The molecule has 0 spiro atoms. The first-order valence-corrected chi connectivity index (χ1v) is 15.1. The fourth-order valence-electron chi connectivity index (χ4n) is 4.32. The van der Waals surface area contributed by atoms with Gasteiger partial charge in [0.05, 0.1) is 6.61 Å². The van der Waals surface area contributed by atoms with Gasteiger partial charge >= 0.3 is 11.9 Å². The standard InChI is InChI=1S/C30H58O5/c1-3-5-7-9-11-13-14-15-17-19-21-23-25-30(33)35-28(26-31)27-34-29(32)24-22-20-18-16-12-10-8-6-4-2/h28,31H,3-27H2,1-2H3. The highest BCUT2D eigenvalue weighted by Crippen LogP contribution is 2.13. The number of carbonyl (C=O) groups is 2. The van der Waals surface area contributed by atoms with Gasteiger partial charge in [0.2, 0.25) is 0 Å². The highest BCUT2D eigenvalue weighted by atomic mass is 16.6. The lowest BCUT2D eigenvalue weighted by Crippen LogP contribution is -2.28. The fraction of sp³-hybridized carbons (Fsp3) is 0.933. The minimum atomic E-state index is -0.758. The third-order valence-electron chi connectivity index (χ3n) is 6.65. The van der Waals surface area contributed by atoms with E-state index in [1.54, 1.807) is 0 Å². The quantitative estimate of drug-likeness (QED) is 0.0908. The van der Waals surface area contributed by atoms with Gasteiger partial charge in [-0.2, -0.15) is 0 Å². The first kappa shape index (κ1) is 33.9. The second-order valence-electron chi connectivity index (χ2n) is 10.2. The lowest BCUT2D eigenvalue weighted by atomic mass is 10.0. The molecule has 0 aliphatic rings. The molecule has 0 amide bonds. The Hall–Kier alpha value is -1.10. The zero-order valence-electron chi connectivity index (χ0n) is 23.3. The van der Waals surface area contributed by atoms with Crippen LogP contribution in [0.4, 0.5) is 0 Å². The second-order valence-corrected chi connectivity index (χ2v) is 10.2. The van der Waals surface area contributed by atoms with Crippen LogP contribution in [0.5, 0.6) is 0 Å². The minimum absolute atomic E-state index is 0.0586. The normalized spacial score (nSPS) is 12.0. The molecule has 0 fully saturated rings. The van der Waals surface area contributed by atoms with E-state index in [9.17, 15) is 14.7 Å². The van der Waals surface area contributed by atoms with Crippen LogP contribution in [0.1, 0.15) is 162 Å². The molecule has 35 heavy (non-hydrogen) atoms. The van der Waals surface area contributed by atoms with Crippen molar-refractivity contribution in [2.75, 3.05) is 13.2 Å². The summed E-state index contributed by atoms with van der Waals surface area (Å²) in [5, 5.41) is 9.44. The molecule has 0 aliphatic carbocycles. The smallest absolute Gasteiger partial charge is 0.306 e. The molecular formula is C30H58O5. The van der Waals surface area contributed by atoms with E-state index < -0.39 is 6.10 Å². The van der Waals surface area contributed by atoms with Crippen molar-refractivity contribution < 1.29 is 24.2 Å². The van der Waals surface area contributed by atoms with Crippen LogP contribution >= 0.6 is 0 Å². The van der Waals surface area contributed by atoms with Gasteiger partial charge in [0, 0.05) is 12.8 Å². The molecule has 1 N–H and O–H groups in total. The van der Waals surface area contributed by atoms with Gasteiger partial charge in [-0.1, -0.05) is 136 Å². The van der Waals surface area contributed by atoms with E-state index in [1.807, 2.05) is 0 Å². The number of aliphatic hydroxyl groups is 1. The van der Waals surface area contributed by atoms with E-state index in [0.717, 1.165) is 38.5 Å². The van der Waals surface area contributed by atoms with Crippen LogP contribution in [0.2, 0.25) is 0 Å². The summed E-state index contributed by atoms with van der Waals surface area (Å²) in [6, 6.07) is 0. The zero-order valence-corrected chi connectivity index (χ0v) is 23.3. The molecule has 5 nitrogen and oxygen atoms in total. The van der Waals surface area contributed by atoms with Crippen molar-refractivity contribution in [3.8, 4) is 0 Å². The lowest BCUT2D eigenvalue weighted by Gasteiger charge is -2.15. The van der Waals surface area contributed by atoms with Crippen molar-refractivity contribution in [1.82, 2.24) is 0 Å². The van der Waals surface area contributed by atoms with Gasteiger partial charge in [0.15, 0.2) is 6.10 Å². The average Bonchev–Trinajstić information content (AvgIpc) is 2.86. The number of ether oxygens (including phenoxy) is 2. The minimum Gasteiger partial charge on any atom is -0.462 e. The van der Waals surface area contributed by atoms with Crippen molar-refractivity contribution >= 4 is 11.9 Å². The lowest BCUT2D eigenvalue weighted by molar-refractivity contribution is -0.161. The number of hydrogen-bond donors (Lipinski definition) is 1. The summed E-state index contributed by atoms with van der Waals surface area (Å²) in [5.41, 5.74) is 0. The Morgan fingerprint density at radius 3 is 1.26 bits per heavy atom. The van der Waals surface area contributed by atoms with Crippen molar-refractivity contribution in [2.45, 2.75) is 168 Å². The summed E-state index contributed by atoms with van der Waals surface area (Å²) in [6.45, 7) is 4.10. The fourth-order valence-corrected chi connectivity index (χ4v) is 4.32. The summed E-state index contributed by atoms with van der Waals surface area (Å²) in [4.78, 5) is 23.9. The van der Waals surface area contributed by atoms with Gasteiger partial charge in [0.25, 0.3) is 0 Å².